The van der Waals surface area contributed by atoms with Crippen LogP contribution in [0.25, 0.3) is 10.4 Å². The molecule has 0 atom stereocenters. The van der Waals surface area contributed by atoms with Crippen molar-refractivity contribution in [3.05, 3.63) is 93.3 Å². The number of ether oxygens (including phenoxy) is 2. The summed E-state index contributed by atoms with van der Waals surface area (Å²) in [5.74, 6) is -0.735. The average molecular weight is 623 g/mol. The number of amides is 2. The number of rotatable bonds is 12. The maximum absolute atomic E-state index is 14.9. The number of hydrogen-bond acceptors (Lipinski definition) is 10. The quantitative estimate of drug-likeness (QED) is 0.146. The fourth-order valence-electron chi connectivity index (χ4n) is 4.27. The van der Waals surface area contributed by atoms with E-state index in [1.54, 1.807) is 30.3 Å². The number of nitro groups is 1. The van der Waals surface area contributed by atoms with E-state index in [2.05, 4.69) is 15.5 Å². The Hall–Kier alpha value is -4.95. The third-order valence-corrected chi connectivity index (χ3v) is 7.61. The second kappa shape index (κ2) is 14.5. The molecule has 0 aliphatic heterocycles. The van der Waals surface area contributed by atoms with Gasteiger partial charge in [0.15, 0.2) is 5.82 Å². The van der Waals surface area contributed by atoms with E-state index in [-0.39, 0.29) is 53.2 Å². The lowest BCUT2D eigenvalue weighted by Crippen LogP contribution is -2.33. The van der Waals surface area contributed by atoms with Gasteiger partial charge in [0, 0.05) is 35.2 Å². The van der Waals surface area contributed by atoms with Gasteiger partial charge in [-0.15, -0.1) is 21.5 Å². The summed E-state index contributed by atoms with van der Waals surface area (Å²) in [7, 11) is 5.08. The normalized spacial score (nSPS) is 10.9. The molecule has 0 aliphatic rings. The van der Waals surface area contributed by atoms with Crippen LogP contribution in [0.4, 0.5) is 25.7 Å². The molecule has 0 radical (unpaired) electrons. The van der Waals surface area contributed by atoms with Crippen LogP contribution in [-0.4, -0.2) is 59.8 Å². The Morgan fingerprint density at radius 1 is 1.05 bits per heavy atom. The molecule has 44 heavy (non-hydrogen) atoms. The van der Waals surface area contributed by atoms with E-state index >= 15 is 0 Å². The maximum atomic E-state index is 14.9. The Morgan fingerprint density at radius 2 is 1.77 bits per heavy atom. The molecule has 0 fully saturated rings. The monoisotopic (exact) mass is 622 g/mol. The highest BCUT2D eigenvalue weighted by Gasteiger charge is 2.32. The van der Waals surface area contributed by atoms with Crippen molar-refractivity contribution in [2.75, 3.05) is 38.0 Å². The van der Waals surface area contributed by atoms with Crippen LogP contribution in [0, 0.1) is 15.9 Å². The lowest BCUT2D eigenvalue weighted by Gasteiger charge is -2.23. The number of carbonyl (C=O) groups is 2. The molecule has 2 amide bonds. The molecule has 0 saturated heterocycles. The molecule has 1 N–H and O–H groups in total. The Kier molecular flexibility index (Phi) is 10.5. The lowest BCUT2D eigenvalue weighted by molar-refractivity contribution is -0.384. The zero-order valence-electron chi connectivity index (χ0n) is 24.6. The number of nitrogens with zero attached hydrogens (tertiary/aromatic N) is 5. The first-order valence-electron chi connectivity index (χ1n) is 13.5. The number of thiophene rings is 1. The highest BCUT2D eigenvalue weighted by atomic mass is 32.1. The molecule has 2 aromatic heterocycles. The van der Waals surface area contributed by atoms with Gasteiger partial charge in [0.2, 0.25) is 5.88 Å². The zero-order chi connectivity index (χ0) is 31.8. The van der Waals surface area contributed by atoms with Gasteiger partial charge in [-0.05, 0) is 55.9 Å². The van der Waals surface area contributed by atoms with Crippen LogP contribution >= 0.6 is 11.3 Å². The van der Waals surface area contributed by atoms with Crippen LogP contribution in [0.15, 0.2) is 60.7 Å². The van der Waals surface area contributed by atoms with Crippen LogP contribution in [0.5, 0.6) is 5.88 Å². The number of benzene rings is 2. The first-order valence-corrected chi connectivity index (χ1v) is 14.4. The van der Waals surface area contributed by atoms with Gasteiger partial charge in [-0.25, -0.2) is 9.18 Å². The second-order valence-electron chi connectivity index (χ2n) is 9.84. The lowest BCUT2D eigenvalue weighted by atomic mass is 10.0. The fourth-order valence-corrected chi connectivity index (χ4v) is 5.57. The summed E-state index contributed by atoms with van der Waals surface area (Å²) in [6.45, 7) is 1.99. The largest absolute Gasteiger partial charge is 0.480 e. The number of carbonyl (C=O) groups excluding carboxylic acids is 2. The number of halogens is 1. The molecule has 12 nitrogen and oxygen atoms in total. The molecule has 2 heterocycles. The summed E-state index contributed by atoms with van der Waals surface area (Å²) in [4.78, 5) is 42.1. The van der Waals surface area contributed by atoms with E-state index in [4.69, 9.17) is 9.47 Å². The second-order valence-corrected chi connectivity index (χ2v) is 10.8. The molecule has 14 heteroatoms. The Labute approximate surface area is 257 Å². The van der Waals surface area contributed by atoms with E-state index < -0.39 is 22.7 Å². The molecule has 4 aromatic rings. The van der Waals surface area contributed by atoms with Gasteiger partial charge in [0.25, 0.3) is 11.6 Å². The van der Waals surface area contributed by atoms with E-state index in [1.807, 2.05) is 25.9 Å². The minimum atomic E-state index is -0.763. The van der Waals surface area contributed by atoms with Crippen molar-refractivity contribution in [1.82, 2.24) is 15.1 Å². The molecule has 4 rings (SSSR count). The van der Waals surface area contributed by atoms with Crippen molar-refractivity contribution in [3.8, 4) is 16.3 Å². The van der Waals surface area contributed by atoms with Gasteiger partial charge in [-0.2, -0.15) is 0 Å². The van der Waals surface area contributed by atoms with Gasteiger partial charge in [-0.1, -0.05) is 25.1 Å². The van der Waals surface area contributed by atoms with Crippen molar-refractivity contribution in [2.45, 2.75) is 26.4 Å². The van der Waals surface area contributed by atoms with Crippen LogP contribution in [0.2, 0.25) is 0 Å². The zero-order valence-corrected chi connectivity index (χ0v) is 25.4. The van der Waals surface area contributed by atoms with Crippen LogP contribution in [0.1, 0.15) is 34.8 Å². The summed E-state index contributed by atoms with van der Waals surface area (Å²) in [5.41, 5.74) is 1.40. The molecule has 0 unspecified atom stereocenters. The predicted molar refractivity (Wildman–Crippen MR) is 165 cm³/mol. The molecule has 0 saturated carbocycles. The van der Waals surface area contributed by atoms with Crippen LogP contribution < -0.4 is 15.0 Å². The van der Waals surface area contributed by atoms with Crippen molar-refractivity contribution >= 4 is 39.8 Å². The minimum Gasteiger partial charge on any atom is -0.480 e. The van der Waals surface area contributed by atoms with Gasteiger partial charge in [-0.3, -0.25) is 19.8 Å². The molecule has 0 bridgehead atoms. The summed E-state index contributed by atoms with van der Waals surface area (Å²) in [5, 5.41) is 22.2. The first-order chi connectivity index (χ1) is 21.1. The van der Waals surface area contributed by atoms with Crippen LogP contribution in [-0.2, 0) is 17.8 Å². The molecule has 230 valence electrons. The SMILES string of the molecule is CCCOC(=O)N(Cc1ccccc1F)c1sc(-c2ccc([N+](=O)[O-])cc2)c(CN(C)C)c1C(=O)Nc1ccc(OC)nn1. The summed E-state index contributed by atoms with van der Waals surface area (Å²) < 4.78 is 25.4. The minimum absolute atomic E-state index is 0.0972. The maximum Gasteiger partial charge on any atom is 0.415 e. The number of hydrogen-bond donors (Lipinski definition) is 1. The Balaban J connectivity index is 1.93. The molecule has 2 aromatic carbocycles. The Bertz CT molecular complexity index is 1630. The third-order valence-electron chi connectivity index (χ3n) is 6.30. The smallest absolute Gasteiger partial charge is 0.415 e. The molecular formula is C30H31FN6O6S. The topological polar surface area (TPSA) is 140 Å². The van der Waals surface area contributed by atoms with Crippen LogP contribution in [0.3, 0.4) is 0 Å². The van der Waals surface area contributed by atoms with E-state index in [0.717, 1.165) is 11.3 Å². The van der Waals surface area contributed by atoms with E-state index in [9.17, 15) is 24.1 Å². The number of non-ortho nitro benzene ring substituents is 1. The van der Waals surface area contributed by atoms with E-state index in [1.165, 1.54) is 42.3 Å². The fraction of sp³-hybridized carbons (Fsp3) is 0.267. The summed E-state index contributed by atoms with van der Waals surface area (Å²) in [6.07, 6.45) is -0.214. The molecule has 0 aliphatic carbocycles. The standard InChI is InChI=1S/C30H31FN6O6S/c1-5-16-43-30(39)36(17-20-8-6-7-9-23(20)31)29-26(28(38)32-24-14-15-25(42-4)34-33-24)22(18-35(2)3)27(44-29)19-10-12-21(13-11-19)37(40)41/h6-15H,5,16-18H2,1-4H3,(H,32,33,38). The van der Waals surface area contributed by atoms with Crippen molar-refractivity contribution in [3.63, 3.8) is 0 Å². The number of nitro benzene ring substituents is 1. The van der Waals surface area contributed by atoms with Gasteiger partial charge in [0.05, 0.1) is 30.7 Å². The first kappa shape index (κ1) is 32.0. The number of aromatic nitrogens is 2. The third kappa shape index (κ3) is 7.51. The van der Waals surface area contributed by atoms with Crippen molar-refractivity contribution in [2.24, 2.45) is 0 Å². The summed E-state index contributed by atoms with van der Waals surface area (Å²) in [6, 6.07) is 15.0. The highest BCUT2D eigenvalue weighted by molar-refractivity contribution is 7.20. The summed E-state index contributed by atoms with van der Waals surface area (Å²) >= 11 is 1.12. The van der Waals surface area contributed by atoms with E-state index in [0.29, 0.717) is 22.4 Å². The predicted octanol–water partition coefficient (Wildman–Crippen LogP) is 6.13. The van der Waals surface area contributed by atoms with Crippen molar-refractivity contribution < 1.29 is 28.4 Å². The highest BCUT2D eigenvalue weighted by Crippen LogP contribution is 2.44. The Morgan fingerprint density at radius 3 is 2.36 bits per heavy atom. The number of nitrogens with one attached hydrogen (secondary N) is 1. The van der Waals surface area contributed by atoms with Gasteiger partial charge >= 0.3 is 6.09 Å². The number of anilines is 2. The average Bonchev–Trinajstić information content (AvgIpc) is 3.37. The van der Waals surface area contributed by atoms with Gasteiger partial charge in [0.1, 0.15) is 10.8 Å². The van der Waals surface area contributed by atoms with Crippen molar-refractivity contribution in [1.29, 1.82) is 0 Å². The van der Waals surface area contributed by atoms with Gasteiger partial charge < -0.3 is 19.7 Å². The number of methoxy groups -OCH3 is 1. The molecule has 0 spiro atoms. The molecular weight excluding hydrogens is 591 g/mol.